The molecule has 4 aliphatic rings. The zero-order chi connectivity index (χ0) is 22.8. The molecule has 2 saturated heterocycles. The summed E-state index contributed by atoms with van der Waals surface area (Å²) in [7, 11) is 1.59. The number of piperidine rings is 2. The van der Waals surface area contributed by atoms with Crippen LogP contribution in [0.3, 0.4) is 0 Å². The van der Waals surface area contributed by atoms with E-state index in [9.17, 15) is 9.59 Å². The molecule has 5 heterocycles. The van der Waals surface area contributed by atoms with Crippen LogP contribution in [0.4, 0.5) is 0 Å². The van der Waals surface area contributed by atoms with Gasteiger partial charge in [0.15, 0.2) is 11.5 Å². The van der Waals surface area contributed by atoms with E-state index in [4.69, 9.17) is 9.47 Å². The number of ether oxygens (including phenoxy) is 2. The van der Waals surface area contributed by atoms with Gasteiger partial charge in [0.25, 0.3) is 5.91 Å². The van der Waals surface area contributed by atoms with Gasteiger partial charge in [0, 0.05) is 50.8 Å². The number of aryl methyl sites for hydroxylation is 1. The molecule has 176 valence electrons. The van der Waals surface area contributed by atoms with Crippen molar-refractivity contribution in [1.82, 2.24) is 24.8 Å². The highest BCUT2D eigenvalue weighted by Gasteiger charge is 2.40. The molecule has 9 heteroatoms. The first kappa shape index (κ1) is 21.7. The number of fused-ring (bicyclic) bond motifs is 6. The van der Waals surface area contributed by atoms with Gasteiger partial charge in [-0.15, -0.1) is 5.10 Å². The van der Waals surface area contributed by atoms with Crippen LogP contribution >= 0.6 is 0 Å². The molecule has 0 aliphatic carbocycles. The fraction of sp³-hybridized carbons (Fsp3) is 0.583. The Balaban J connectivity index is 1.42. The van der Waals surface area contributed by atoms with Crippen LogP contribution in [-0.4, -0.2) is 76.5 Å². The monoisotopic (exact) mass is 453 g/mol. The van der Waals surface area contributed by atoms with Crippen LogP contribution in [0.2, 0.25) is 0 Å². The van der Waals surface area contributed by atoms with Crippen molar-refractivity contribution in [3.8, 4) is 11.5 Å². The number of carbonyl (C=O) groups is 2. The molecule has 0 unspecified atom stereocenters. The van der Waals surface area contributed by atoms with E-state index in [-0.39, 0.29) is 17.2 Å². The third-order valence-corrected chi connectivity index (χ3v) is 7.30. The maximum atomic E-state index is 13.3. The Morgan fingerprint density at radius 2 is 1.88 bits per heavy atom. The number of aromatic nitrogens is 3. The maximum Gasteiger partial charge on any atom is 0.253 e. The molecule has 0 radical (unpaired) electrons. The lowest BCUT2D eigenvalue weighted by atomic mass is 9.72. The molecule has 33 heavy (non-hydrogen) atoms. The van der Waals surface area contributed by atoms with E-state index < -0.39 is 0 Å². The highest BCUT2D eigenvalue weighted by Crippen LogP contribution is 2.40. The standard InChI is InChI=1S/C24H31N5O4/c1-32-20-5-3-18-15-21(20)33-14-13-29-16-19(25-26-29)4-6-22(30)28-10-2-7-24(17-28)8-11-27(12-9-24)23(18)31/h3,5,15-16H,2,4,6-14,17H2,1H3. The first-order valence-electron chi connectivity index (χ1n) is 11.8. The van der Waals surface area contributed by atoms with E-state index in [2.05, 4.69) is 10.3 Å². The predicted octanol–water partition coefficient (Wildman–Crippen LogP) is 2.16. The Morgan fingerprint density at radius 1 is 1.03 bits per heavy atom. The van der Waals surface area contributed by atoms with Gasteiger partial charge in [-0.2, -0.15) is 0 Å². The Hall–Kier alpha value is -3.10. The minimum atomic E-state index is 0.0138. The third kappa shape index (κ3) is 4.54. The van der Waals surface area contributed by atoms with Crippen molar-refractivity contribution in [3.63, 3.8) is 0 Å². The second-order valence-electron chi connectivity index (χ2n) is 9.40. The van der Waals surface area contributed by atoms with Gasteiger partial charge in [-0.1, -0.05) is 5.21 Å². The number of rotatable bonds is 1. The van der Waals surface area contributed by atoms with E-state index in [0.29, 0.717) is 56.1 Å². The summed E-state index contributed by atoms with van der Waals surface area (Å²) in [5, 5.41) is 8.38. The fourth-order valence-electron chi connectivity index (χ4n) is 5.32. The van der Waals surface area contributed by atoms with Crippen LogP contribution in [-0.2, 0) is 17.8 Å². The number of nitrogens with zero attached hydrogens (tertiary/aromatic N) is 5. The van der Waals surface area contributed by atoms with E-state index >= 15 is 0 Å². The molecule has 2 aromatic rings. The first-order chi connectivity index (χ1) is 16.0. The highest BCUT2D eigenvalue weighted by molar-refractivity contribution is 5.95. The van der Waals surface area contributed by atoms with Gasteiger partial charge in [-0.3, -0.25) is 9.59 Å². The van der Waals surface area contributed by atoms with Crippen molar-refractivity contribution in [3.05, 3.63) is 35.7 Å². The second kappa shape index (κ2) is 9.03. The number of hydrogen-bond acceptors (Lipinski definition) is 6. The van der Waals surface area contributed by atoms with Gasteiger partial charge in [-0.25, -0.2) is 4.68 Å². The first-order valence-corrected chi connectivity index (χ1v) is 11.8. The second-order valence-corrected chi connectivity index (χ2v) is 9.40. The quantitative estimate of drug-likeness (QED) is 0.657. The summed E-state index contributed by atoms with van der Waals surface area (Å²) in [4.78, 5) is 30.2. The van der Waals surface area contributed by atoms with Gasteiger partial charge in [0.05, 0.1) is 19.3 Å². The van der Waals surface area contributed by atoms with Crippen LogP contribution in [0.1, 0.15) is 48.2 Å². The van der Waals surface area contributed by atoms with Crippen LogP contribution in [0.15, 0.2) is 24.4 Å². The molecule has 0 atom stereocenters. The Morgan fingerprint density at radius 3 is 2.70 bits per heavy atom. The Labute approximate surface area is 193 Å². The molecular weight excluding hydrogens is 422 g/mol. The largest absolute Gasteiger partial charge is 0.493 e. The number of amides is 2. The molecule has 0 N–H and O–H groups in total. The van der Waals surface area contributed by atoms with E-state index in [0.717, 1.165) is 44.5 Å². The average molecular weight is 454 g/mol. The zero-order valence-electron chi connectivity index (χ0n) is 19.2. The summed E-state index contributed by atoms with van der Waals surface area (Å²) in [6.45, 7) is 3.90. The third-order valence-electron chi connectivity index (χ3n) is 7.30. The van der Waals surface area contributed by atoms with Crippen molar-refractivity contribution in [2.45, 2.75) is 45.1 Å². The van der Waals surface area contributed by atoms with Crippen LogP contribution in [0.5, 0.6) is 11.5 Å². The van der Waals surface area contributed by atoms with Gasteiger partial charge in [0.1, 0.15) is 6.61 Å². The summed E-state index contributed by atoms with van der Waals surface area (Å²) in [6.07, 6.45) is 6.89. The topological polar surface area (TPSA) is 89.8 Å². The highest BCUT2D eigenvalue weighted by atomic mass is 16.5. The summed E-state index contributed by atoms with van der Waals surface area (Å²) in [5.74, 6) is 1.34. The van der Waals surface area contributed by atoms with Crippen LogP contribution < -0.4 is 9.47 Å². The number of benzene rings is 1. The molecule has 1 aromatic heterocycles. The maximum absolute atomic E-state index is 13.3. The minimum absolute atomic E-state index is 0.0138. The van der Waals surface area contributed by atoms with Crippen molar-refractivity contribution in [1.29, 1.82) is 0 Å². The molecule has 4 aliphatic heterocycles. The fourth-order valence-corrected chi connectivity index (χ4v) is 5.32. The van der Waals surface area contributed by atoms with Crippen molar-refractivity contribution < 1.29 is 19.1 Å². The summed E-state index contributed by atoms with van der Waals surface area (Å²) < 4.78 is 13.1. The summed E-state index contributed by atoms with van der Waals surface area (Å²) in [5.41, 5.74) is 1.53. The molecule has 1 aromatic carbocycles. The molecule has 1 spiro atoms. The van der Waals surface area contributed by atoms with E-state index in [1.54, 1.807) is 30.0 Å². The van der Waals surface area contributed by atoms with Gasteiger partial charge < -0.3 is 19.3 Å². The van der Waals surface area contributed by atoms with E-state index in [1.807, 2.05) is 16.0 Å². The van der Waals surface area contributed by atoms with Crippen LogP contribution in [0.25, 0.3) is 0 Å². The summed E-state index contributed by atoms with van der Waals surface area (Å²) >= 11 is 0. The summed E-state index contributed by atoms with van der Waals surface area (Å²) in [6, 6.07) is 5.35. The smallest absolute Gasteiger partial charge is 0.253 e. The SMILES string of the molecule is COc1ccc2cc1OCCn1cc(nn1)CCC(=O)N1CCCC3(CCN(CC3)C2=O)C1. The van der Waals surface area contributed by atoms with Crippen molar-refractivity contribution in [2.75, 3.05) is 39.9 Å². The average Bonchev–Trinajstić information content (AvgIpc) is 3.30. The molecule has 2 fully saturated rings. The number of hydrogen-bond donors (Lipinski definition) is 0. The molecule has 7 bridgehead atoms. The van der Waals surface area contributed by atoms with Crippen molar-refractivity contribution in [2.24, 2.45) is 5.41 Å². The van der Waals surface area contributed by atoms with Gasteiger partial charge in [0.2, 0.25) is 5.91 Å². The number of methoxy groups -OCH3 is 1. The molecule has 6 rings (SSSR count). The molecule has 0 saturated carbocycles. The number of carbonyl (C=O) groups excluding carboxylic acids is 2. The van der Waals surface area contributed by atoms with Gasteiger partial charge in [-0.05, 0) is 49.3 Å². The Kier molecular flexibility index (Phi) is 5.95. The minimum Gasteiger partial charge on any atom is -0.493 e. The normalized spacial score (nSPS) is 21.1. The zero-order valence-corrected chi connectivity index (χ0v) is 19.2. The lowest BCUT2D eigenvalue weighted by Gasteiger charge is -2.47. The van der Waals surface area contributed by atoms with Gasteiger partial charge >= 0.3 is 0 Å². The molecule has 2 amide bonds. The molecular formula is C24H31N5O4. The predicted molar refractivity (Wildman–Crippen MR) is 120 cm³/mol. The van der Waals surface area contributed by atoms with Crippen molar-refractivity contribution >= 4 is 11.8 Å². The lowest BCUT2D eigenvalue weighted by Crippen LogP contribution is -2.52. The van der Waals surface area contributed by atoms with E-state index in [1.165, 1.54) is 0 Å². The molecule has 9 nitrogen and oxygen atoms in total. The lowest BCUT2D eigenvalue weighted by molar-refractivity contribution is -0.135. The van der Waals surface area contributed by atoms with Crippen LogP contribution in [0, 0.1) is 5.41 Å². The Bertz CT molecular complexity index is 1030.